The SMILES string of the molecule is CCC(N)CC(=O)N(C)C(C)c1cccc(Cl)c1. The van der Waals surface area contributed by atoms with Crippen LogP contribution in [0, 0.1) is 0 Å². The van der Waals surface area contributed by atoms with Crippen LogP contribution in [0.15, 0.2) is 24.3 Å². The van der Waals surface area contributed by atoms with Gasteiger partial charge >= 0.3 is 0 Å². The average molecular weight is 269 g/mol. The monoisotopic (exact) mass is 268 g/mol. The number of rotatable bonds is 5. The van der Waals surface area contributed by atoms with Gasteiger partial charge < -0.3 is 10.6 Å². The number of carbonyl (C=O) groups excluding carboxylic acids is 1. The van der Waals surface area contributed by atoms with Gasteiger partial charge in [-0.1, -0.05) is 30.7 Å². The van der Waals surface area contributed by atoms with Crippen molar-refractivity contribution < 1.29 is 4.79 Å². The van der Waals surface area contributed by atoms with E-state index < -0.39 is 0 Å². The molecule has 0 saturated heterocycles. The Hall–Kier alpha value is -1.06. The van der Waals surface area contributed by atoms with Gasteiger partial charge in [0.05, 0.1) is 6.04 Å². The van der Waals surface area contributed by atoms with E-state index in [9.17, 15) is 4.79 Å². The second-order valence-corrected chi connectivity index (χ2v) is 5.04. The highest BCUT2D eigenvalue weighted by Gasteiger charge is 2.19. The van der Waals surface area contributed by atoms with Crippen LogP contribution >= 0.6 is 11.6 Å². The first-order valence-corrected chi connectivity index (χ1v) is 6.60. The molecule has 4 heteroatoms. The summed E-state index contributed by atoms with van der Waals surface area (Å²) in [7, 11) is 1.80. The summed E-state index contributed by atoms with van der Waals surface area (Å²) in [6.07, 6.45) is 1.20. The van der Waals surface area contributed by atoms with E-state index in [0.29, 0.717) is 11.4 Å². The van der Waals surface area contributed by atoms with Crippen LogP contribution in [0.4, 0.5) is 0 Å². The molecule has 100 valence electrons. The lowest BCUT2D eigenvalue weighted by Crippen LogP contribution is -2.34. The second kappa shape index (κ2) is 6.76. The van der Waals surface area contributed by atoms with Crippen molar-refractivity contribution in [2.45, 2.75) is 38.8 Å². The molecule has 0 spiro atoms. The van der Waals surface area contributed by atoms with E-state index in [4.69, 9.17) is 17.3 Å². The molecule has 2 N–H and O–H groups in total. The Kier molecular flexibility index (Phi) is 5.63. The first kappa shape index (κ1) is 15.0. The van der Waals surface area contributed by atoms with Crippen LogP contribution < -0.4 is 5.73 Å². The summed E-state index contributed by atoms with van der Waals surface area (Å²) in [5, 5.41) is 0.686. The van der Waals surface area contributed by atoms with Gasteiger partial charge in [-0.05, 0) is 31.0 Å². The maximum atomic E-state index is 12.0. The van der Waals surface area contributed by atoms with Crippen LogP contribution in [0.5, 0.6) is 0 Å². The molecule has 0 saturated carbocycles. The van der Waals surface area contributed by atoms with Gasteiger partial charge in [-0.25, -0.2) is 0 Å². The number of carbonyl (C=O) groups is 1. The number of nitrogens with two attached hydrogens (primary N) is 1. The fraction of sp³-hybridized carbons (Fsp3) is 0.500. The minimum Gasteiger partial charge on any atom is -0.339 e. The summed E-state index contributed by atoms with van der Waals surface area (Å²) in [5.41, 5.74) is 6.84. The third kappa shape index (κ3) is 4.00. The van der Waals surface area contributed by atoms with Crippen LogP contribution in [-0.2, 0) is 4.79 Å². The first-order chi connectivity index (χ1) is 8.45. The van der Waals surface area contributed by atoms with E-state index >= 15 is 0 Å². The number of amides is 1. The van der Waals surface area contributed by atoms with Gasteiger partial charge in [0.25, 0.3) is 0 Å². The predicted molar refractivity (Wildman–Crippen MR) is 75.5 cm³/mol. The largest absolute Gasteiger partial charge is 0.339 e. The van der Waals surface area contributed by atoms with E-state index in [2.05, 4.69) is 0 Å². The highest BCUT2D eigenvalue weighted by Crippen LogP contribution is 2.22. The molecule has 18 heavy (non-hydrogen) atoms. The molecule has 0 aromatic heterocycles. The minimum absolute atomic E-state index is 0.000237. The standard InChI is InChI=1S/C14H21ClN2O/c1-4-13(16)9-14(18)17(3)10(2)11-6-5-7-12(15)8-11/h5-8,10,13H,4,9,16H2,1-3H3. The maximum Gasteiger partial charge on any atom is 0.224 e. The van der Waals surface area contributed by atoms with E-state index in [1.807, 2.05) is 38.1 Å². The van der Waals surface area contributed by atoms with Gasteiger partial charge in [0.15, 0.2) is 0 Å². The third-order valence-corrected chi connectivity index (χ3v) is 3.50. The molecule has 3 nitrogen and oxygen atoms in total. The normalized spacial score (nSPS) is 14.1. The Labute approximate surface area is 114 Å². The highest BCUT2D eigenvalue weighted by atomic mass is 35.5. The van der Waals surface area contributed by atoms with Gasteiger partial charge in [-0.15, -0.1) is 0 Å². The van der Waals surface area contributed by atoms with E-state index in [-0.39, 0.29) is 18.0 Å². The van der Waals surface area contributed by atoms with E-state index in [1.54, 1.807) is 11.9 Å². The Balaban J connectivity index is 2.71. The van der Waals surface area contributed by atoms with Crippen molar-refractivity contribution >= 4 is 17.5 Å². The molecular formula is C14H21ClN2O. The molecule has 1 aromatic carbocycles. The third-order valence-electron chi connectivity index (χ3n) is 3.27. The molecule has 1 amide bonds. The number of halogens is 1. The lowest BCUT2D eigenvalue weighted by Gasteiger charge is -2.26. The maximum absolute atomic E-state index is 12.0. The number of hydrogen-bond donors (Lipinski definition) is 1. The minimum atomic E-state index is -0.0634. The fourth-order valence-electron chi connectivity index (χ4n) is 1.72. The van der Waals surface area contributed by atoms with Gasteiger partial charge in [0, 0.05) is 24.5 Å². The summed E-state index contributed by atoms with van der Waals surface area (Å²) >= 11 is 5.96. The summed E-state index contributed by atoms with van der Waals surface area (Å²) in [6.45, 7) is 3.97. The van der Waals surface area contributed by atoms with Crippen LogP contribution in [0.3, 0.4) is 0 Å². The van der Waals surface area contributed by atoms with Crippen molar-refractivity contribution in [2.75, 3.05) is 7.05 Å². The summed E-state index contributed by atoms with van der Waals surface area (Å²) in [5.74, 6) is 0.0665. The molecule has 0 fully saturated rings. The zero-order valence-corrected chi connectivity index (χ0v) is 11.9. The topological polar surface area (TPSA) is 46.3 Å². The van der Waals surface area contributed by atoms with Crippen molar-refractivity contribution in [1.29, 1.82) is 0 Å². The Morgan fingerprint density at radius 3 is 2.72 bits per heavy atom. The van der Waals surface area contributed by atoms with Crippen molar-refractivity contribution in [1.82, 2.24) is 4.90 Å². The Morgan fingerprint density at radius 1 is 1.50 bits per heavy atom. The number of hydrogen-bond acceptors (Lipinski definition) is 2. The van der Waals surface area contributed by atoms with E-state index in [0.717, 1.165) is 12.0 Å². The zero-order valence-electron chi connectivity index (χ0n) is 11.2. The smallest absolute Gasteiger partial charge is 0.224 e. The molecule has 0 aliphatic heterocycles. The zero-order chi connectivity index (χ0) is 13.7. The summed E-state index contributed by atoms with van der Waals surface area (Å²) in [6, 6.07) is 7.51. The van der Waals surface area contributed by atoms with Crippen molar-refractivity contribution in [2.24, 2.45) is 5.73 Å². The molecule has 0 aliphatic rings. The quantitative estimate of drug-likeness (QED) is 0.892. The molecule has 1 aromatic rings. The van der Waals surface area contributed by atoms with Crippen molar-refractivity contribution in [3.63, 3.8) is 0 Å². The first-order valence-electron chi connectivity index (χ1n) is 6.22. The molecule has 2 atom stereocenters. The average Bonchev–Trinajstić information content (AvgIpc) is 2.36. The Bertz CT molecular complexity index is 409. The Morgan fingerprint density at radius 2 is 2.17 bits per heavy atom. The fourth-order valence-corrected chi connectivity index (χ4v) is 1.92. The second-order valence-electron chi connectivity index (χ2n) is 4.61. The lowest BCUT2D eigenvalue weighted by atomic mass is 10.1. The van der Waals surface area contributed by atoms with Gasteiger partial charge in [-0.2, -0.15) is 0 Å². The number of nitrogens with zero attached hydrogens (tertiary/aromatic N) is 1. The molecule has 0 bridgehead atoms. The molecule has 0 aliphatic carbocycles. The van der Waals surface area contributed by atoms with Crippen molar-refractivity contribution in [3.05, 3.63) is 34.9 Å². The predicted octanol–water partition coefficient (Wildman–Crippen LogP) is 2.99. The highest BCUT2D eigenvalue weighted by molar-refractivity contribution is 6.30. The summed E-state index contributed by atoms with van der Waals surface area (Å²) in [4.78, 5) is 13.7. The van der Waals surface area contributed by atoms with Crippen molar-refractivity contribution in [3.8, 4) is 0 Å². The van der Waals surface area contributed by atoms with Gasteiger partial charge in [0.1, 0.15) is 0 Å². The van der Waals surface area contributed by atoms with Gasteiger partial charge in [-0.3, -0.25) is 4.79 Å². The lowest BCUT2D eigenvalue weighted by molar-refractivity contribution is -0.132. The molecular weight excluding hydrogens is 248 g/mol. The van der Waals surface area contributed by atoms with Crippen LogP contribution in [-0.4, -0.2) is 23.9 Å². The summed E-state index contributed by atoms with van der Waals surface area (Å²) < 4.78 is 0. The van der Waals surface area contributed by atoms with Crippen LogP contribution in [0.1, 0.15) is 38.3 Å². The molecule has 0 radical (unpaired) electrons. The van der Waals surface area contributed by atoms with Crippen LogP contribution in [0.25, 0.3) is 0 Å². The molecule has 2 unspecified atom stereocenters. The van der Waals surface area contributed by atoms with E-state index in [1.165, 1.54) is 0 Å². The molecule has 1 rings (SSSR count). The van der Waals surface area contributed by atoms with Gasteiger partial charge in [0.2, 0.25) is 5.91 Å². The number of benzene rings is 1. The van der Waals surface area contributed by atoms with Crippen LogP contribution in [0.2, 0.25) is 5.02 Å². The molecule has 0 heterocycles.